The summed E-state index contributed by atoms with van der Waals surface area (Å²) >= 11 is 0. The van der Waals surface area contributed by atoms with Crippen molar-refractivity contribution in [2.75, 3.05) is 24.7 Å². The third-order valence-electron chi connectivity index (χ3n) is 4.62. The maximum Gasteiger partial charge on any atom is 0.257 e. The number of nitrogens with zero attached hydrogens (tertiary/aromatic N) is 1. The first-order valence-electron chi connectivity index (χ1n) is 9.15. The molecule has 152 valence electrons. The Morgan fingerprint density at radius 1 is 1.17 bits per heavy atom. The van der Waals surface area contributed by atoms with E-state index in [0.717, 1.165) is 5.56 Å². The van der Waals surface area contributed by atoms with Gasteiger partial charge in [-0.05, 0) is 29.7 Å². The number of rotatable bonds is 7. The number of hydrogen-bond acceptors (Lipinski definition) is 7. The quantitative estimate of drug-likeness (QED) is 0.415. The lowest BCUT2D eigenvalue weighted by molar-refractivity contribution is 0.0824. The van der Waals surface area contributed by atoms with Gasteiger partial charge >= 0.3 is 0 Å². The molecule has 0 bridgehead atoms. The van der Waals surface area contributed by atoms with Crippen LogP contribution in [-0.4, -0.2) is 30.0 Å². The topological polar surface area (TPSA) is 112 Å². The summed E-state index contributed by atoms with van der Waals surface area (Å²) in [7, 11) is 3.14. The number of amides is 1. The molecule has 3 N–H and O–H groups in total. The van der Waals surface area contributed by atoms with Gasteiger partial charge in [0.2, 0.25) is 0 Å². The third-order valence-corrected chi connectivity index (χ3v) is 4.62. The molecule has 0 fully saturated rings. The molecule has 0 aliphatic rings. The lowest BCUT2D eigenvalue weighted by Gasteiger charge is -2.17. The number of phenolic OH excluding ortho intramolecular Hbond substituents is 1. The fourth-order valence-electron chi connectivity index (χ4n) is 2.84. The van der Waals surface area contributed by atoms with E-state index in [9.17, 15) is 19.5 Å². The molecule has 3 aromatic rings. The first kappa shape index (κ1) is 20.2. The van der Waals surface area contributed by atoms with Gasteiger partial charge in [-0.3, -0.25) is 14.4 Å². The second-order valence-electron chi connectivity index (χ2n) is 7.29. The van der Waals surface area contributed by atoms with Gasteiger partial charge < -0.3 is 25.1 Å². The number of para-hydroxylation sites is 1. The van der Waals surface area contributed by atoms with Crippen LogP contribution in [0.3, 0.4) is 0 Å². The first-order chi connectivity index (χ1) is 13.7. The lowest BCUT2D eigenvalue weighted by atomic mass is 10.1. The maximum atomic E-state index is 12.2. The van der Waals surface area contributed by atoms with E-state index >= 15 is 0 Å². The standard InChI is InChI=1S/C21H23N3O5/c1-11(2)12-8-13(29-10-12)9-22-16-17(20(27)19(16)26)23-15-7-5-6-14(18(15)25)21(28)24(3)4/h5-8,10-11,22-23,25H,9H2,1-4H3. The highest BCUT2D eigenvalue weighted by Crippen LogP contribution is 2.32. The van der Waals surface area contributed by atoms with E-state index in [1.54, 1.807) is 26.4 Å². The van der Waals surface area contributed by atoms with Crippen LogP contribution in [0.25, 0.3) is 0 Å². The highest BCUT2D eigenvalue weighted by molar-refractivity contribution is 5.99. The number of furan rings is 1. The summed E-state index contributed by atoms with van der Waals surface area (Å²) in [5.41, 5.74) is 0.0914. The third kappa shape index (κ3) is 3.87. The first-order valence-corrected chi connectivity index (χ1v) is 9.15. The van der Waals surface area contributed by atoms with E-state index in [-0.39, 0.29) is 40.8 Å². The van der Waals surface area contributed by atoms with Gasteiger partial charge in [0.1, 0.15) is 17.1 Å². The molecule has 0 spiro atoms. The summed E-state index contributed by atoms with van der Waals surface area (Å²) in [6.07, 6.45) is 1.66. The number of carbonyl (C=O) groups is 1. The van der Waals surface area contributed by atoms with Crippen LogP contribution in [0.4, 0.5) is 17.1 Å². The molecule has 0 saturated heterocycles. The van der Waals surface area contributed by atoms with Crippen LogP contribution in [0.15, 0.2) is 44.5 Å². The lowest BCUT2D eigenvalue weighted by Crippen LogP contribution is -2.36. The molecule has 2 aromatic carbocycles. The van der Waals surface area contributed by atoms with E-state index in [4.69, 9.17) is 4.42 Å². The van der Waals surface area contributed by atoms with Crippen LogP contribution < -0.4 is 21.5 Å². The van der Waals surface area contributed by atoms with Crippen molar-refractivity contribution in [2.24, 2.45) is 0 Å². The van der Waals surface area contributed by atoms with Crippen LogP contribution >= 0.6 is 0 Å². The van der Waals surface area contributed by atoms with E-state index < -0.39 is 10.9 Å². The van der Waals surface area contributed by atoms with E-state index in [1.165, 1.54) is 17.0 Å². The average Bonchev–Trinajstić information content (AvgIpc) is 3.16. The summed E-state index contributed by atoms with van der Waals surface area (Å²) < 4.78 is 5.46. The normalized spacial score (nSPS) is 11.1. The largest absolute Gasteiger partial charge is 0.505 e. The van der Waals surface area contributed by atoms with Gasteiger partial charge in [-0.2, -0.15) is 0 Å². The predicted octanol–water partition coefficient (Wildman–Crippen LogP) is 2.76. The van der Waals surface area contributed by atoms with Crippen LogP contribution in [0.1, 0.15) is 41.4 Å². The summed E-state index contributed by atoms with van der Waals surface area (Å²) in [5.74, 6) is 0.274. The van der Waals surface area contributed by atoms with Gasteiger partial charge in [0.25, 0.3) is 16.8 Å². The summed E-state index contributed by atoms with van der Waals surface area (Å²) in [6, 6.07) is 6.46. The number of aromatic hydroxyl groups is 1. The zero-order chi connectivity index (χ0) is 21.3. The van der Waals surface area contributed by atoms with Gasteiger partial charge in [-0.15, -0.1) is 0 Å². The summed E-state index contributed by atoms with van der Waals surface area (Å²) in [4.78, 5) is 37.5. The minimum atomic E-state index is -0.696. The molecule has 29 heavy (non-hydrogen) atoms. The molecule has 0 atom stereocenters. The molecule has 0 aliphatic carbocycles. The molecule has 1 heterocycles. The number of carbonyl (C=O) groups excluding carboxylic acids is 1. The Hall–Kier alpha value is -3.55. The highest BCUT2D eigenvalue weighted by atomic mass is 16.3. The van der Waals surface area contributed by atoms with Crippen LogP contribution in [0.2, 0.25) is 0 Å². The van der Waals surface area contributed by atoms with Crippen LogP contribution in [-0.2, 0) is 6.54 Å². The van der Waals surface area contributed by atoms with Crippen molar-refractivity contribution in [3.63, 3.8) is 0 Å². The van der Waals surface area contributed by atoms with Crippen molar-refractivity contribution in [3.05, 3.63) is 67.9 Å². The number of phenols is 1. The van der Waals surface area contributed by atoms with Crippen LogP contribution in [0.5, 0.6) is 5.75 Å². The van der Waals surface area contributed by atoms with Gasteiger partial charge in [-0.25, -0.2) is 0 Å². The second kappa shape index (κ2) is 7.83. The fraction of sp³-hybridized carbons (Fsp3) is 0.286. The van der Waals surface area contributed by atoms with Crippen LogP contribution in [0, 0.1) is 0 Å². The summed E-state index contributed by atoms with van der Waals surface area (Å²) in [5, 5.41) is 16.1. The van der Waals surface area contributed by atoms with Gasteiger partial charge in [0.05, 0.1) is 24.1 Å². The number of anilines is 3. The zero-order valence-corrected chi connectivity index (χ0v) is 16.7. The zero-order valence-electron chi connectivity index (χ0n) is 16.7. The minimum absolute atomic E-state index is 0.0374. The molecule has 1 aromatic heterocycles. The van der Waals surface area contributed by atoms with Crippen molar-refractivity contribution in [3.8, 4) is 5.75 Å². The van der Waals surface area contributed by atoms with Crippen molar-refractivity contribution in [1.29, 1.82) is 0 Å². The molecule has 0 radical (unpaired) electrons. The number of benzene rings is 1. The SMILES string of the molecule is CC(C)c1coc(CNc2c(Nc3cccc(C(=O)N(C)C)c3O)c(=O)c2=O)c1. The van der Waals surface area contributed by atoms with E-state index in [0.29, 0.717) is 11.7 Å². The summed E-state index contributed by atoms with van der Waals surface area (Å²) in [6.45, 7) is 4.32. The van der Waals surface area contributed by atoms with Crippen molar-refractivity contribution < 1.29 is 14.3 Å². The van der Waals surface area contributed by atoms with Gasteiger partial charge in [0.15, 0.2) is 5.75 Å². The van der Waals surface area contributed by atoms with Gasteiger partial charge in [0, 0.05) is 14.1 Å². The molecule has 1 amide bonds. The highest BCUT2D eigenvalue weighted by Gasteiger charge is 2.23. The minimum Gasteiger partial charge on any atom is -0.505 e. The van der Waals surface area contributed by atoms with Crippen molar-refractivity contribution >= 4 is 23.0 Å². The Bertz CT molecular complexity index is 1120. The van der Waals surface area contributed by atoms with Gasteiger partial charge in [-0.1, -0.05) is 19.9 Å². The van der Waals surface area contributed by atoms with E-state index in [1.807, 2.05) is 19.9 Å². The Morgan fingerprint density at radius 3 is 2.48 bits per heavy atom. The van der Waals surface area contributed by atoms with E-state index in [2.05, 4.69) is 10.6 Å². The van der Waals surface area contributed by atoms with Crippen molar-refractivity contribution in [2.45, 2.75) is 26.3 Å². The molecule has 8 nitrogen and oxygen atoms in total. The Labute approximate surface area is 167 Å². The smallest absolute Gasteiger partial charge is 0.257 e. The molecular formula is C21H23N3O5. The molecular weight excluding hydrogens is 374 g/mol. The monoisotopic (exact) mass is 397 g/mol. The molecule has 0 saturated carbocycles. The molecule has 3 rings (SSSR count). The Balaban J connectivity index is 1.80. The molecule has 0 unspecified atom stereocenters. The molecule has 0 aliphatic heterocycles. The number of nitrogens with one attached hydrogen (secondary N) is 2. The Morgan fingerprint density at radius 2 is 1.86 bits per heavy atom. The Kier molecular flexibility index (Phi) is 5.45. The van der Waals surface area contributed by atoms with Crippen molar-refractivity contribution in [1.82, 2.24) is 4.90 Å². The second-order valence-corrected chi connectivity index (χ2v) is 7.29. The molecule has 8 heteroatoms. The maximum absolute atomic E-state index is 12.2. The predicted molar refractivity (Wildman–Crippen MR) is 111 cm³/mol. The fourth-order valence-corrected chi connectivity index (χ4v) is 2.84. The number of hydrogen-bond donors (Lipinski definition) is 3. The average molecular weight is 397 g/mol.